The number of furan rings is 1. The van der Waals surface area contributed by atoms with Crippen LogP contribution in [0.1, 0.15) is 0 Å². The van der Waals surface area contributed by atoms with Gasteiger partial charge in [0.25, 0.3) is 0 Å². The highest BCUT2D eigenvalue weighted by Gasteiger charge is 2.23. The van der Waals surface area contributed by atoms with Crippen LogP contribution >= 0.6 is 0 Å². The maximum absolute atomic E-state index is 6.75. The molecule has 12 rings (SSSR count). The van der Waals surface area contributed by atoms with Crippen molar-refractivity contribution >= 4 is 71.3 Å². The third-order valence-electron chi connectivity index (χ3n) is 11.9. The Morgan fingerprint density at radius 2 is 0.871 bits per heavy atom. The van der Waals surface area contributed by atoms with Crippen LogP contribution in [0.5, 0.6) is 0 Å². The van der Waals surface area contributed by atoms with Crippen molar-refractivity contribution < 1.29 is 4.42 Å². The van der Waals surface area contributed by atoms with Gasteiger partial charge in [-0.25, -0.2) is 15.0 Å². The van der Waals surface area contributed by atoms with Gasteiger partial charge in [-0.15, -0.1) is 0 Å². The second kappa shape index (κ2) is 14.7. The van der Waals surface area contributed by atoms with Crippen LogP contribution in [0.15, 0.2) is 223 Å². The number of rotatable bonds is 7. The fourth-order valence-corrected chi connectivity index (χ4v) is 8.84. The third-order valence-corrected chi connectivity index (χ3v) is 11.9. The van der Waals surface area contributed by atoms with Crippen LogP contribution in [0.2, 0.25) is 0 Å². The summed E-state index contributed by atoms with van der Waals surface area (Å²) < 4.78 is 6.75. The highest BCUT2D eigenvalue weighted by atomic mass is 16.3. The summed E-state index contributed by atoms with van der Waals surface area (Å²) in [5, 5.41) is 9.03. The Labute approximate surface area is 357 Å². The summed E-state index contributed by atoms with van der Waals surface area (Å²) in [6.45, 7) is 0. The molecule has 2 heterocycles. The maximum Gasteiger partial charge on any atom is 0.164 e. The van der Waals surface area contributed by atoms with E-state index in [1.54, 1.807) is 0 Å². The molecule has 0 bridgehead atoms. The smallest absolute Gasteiger partial charge is 0.164 e. The molecular formula is C57H36N4O. The molecule has 0 aliphatic heterocycles. The zero-order chi connectivity index (χ0) is 41.0. The van der Waals surface area contributed by atoms with Crippen molar-refractivity contribution in [3.8, 4) is 45.3 Å². The van der Waals surface area contributed by atoms with Crippen molar-refractivity contribution in [1.29, 1.82) is 0 Å². The number of nitrogens with zero attached hydrogens (tertiary/aromatic N) is 4. The second-order valence-electron chi connectivity index (χ2n) is 15.6. The van der Waals surface area contributed by atoms with Crippen molar-refractivity contribution in [3.63, 3.8) is 0 Å². The summed E-state index contributed by atoms with van der Waals surface area (Å²) in [4.78, 5) is 18.0. The average molecular weight is 793 g/mol. The molecule has 0 saturated carbocycles. The van der Waals surface area contributed by atoms with E-state index in [1.807, 2.05) is 42.5 Å². The molecule has 5 nitrogen and oxygen atoms in total. The molecule has 0 aliphatic rings. The number of fused-ring (bicyclic) bond motifs is 7. The summed E-state index contributed by atoms with van der Waals surface area (Å²) in [6.07, 6.45) is 0. The first-order chi connectivity index (χ1) is 30.7. The van der Waals surface area contributed by atoms with E-state index >= 15 is 0 Å². The molecular weight excluding hydrogens is 757 g/mol. The molecule has 0 aliphatic carbocycles. The van der Waals surface area contributed by atoms with Gasteiger partial charge in [0.2, 0.25) is 0 Å². The normalized spacial score (nSPS) is 11.5. The van der Waals surface area contributed by atoms with E-state index in [0.29, 0.717) is 17.5 Å². The number of para-hydroxylation sites is 1. The Balaban J connectivity index is 1.11. The van der Waals surface area contributed by atoms with Gasteiger partial charge in [-0.1, -0.05) is 170 Å². The fraction of sp³-hybridized carbons (Fsp3) is 0. The molecule has 0 fully saturated rings. The predicted octanol–water partition coefficient (Wildman–Crippen LogP) is 15.4. The summed E-state index contributed by atoms with van der Waals surface area (Å²) >= 11 is 0. The lowest BCUT2D eigenvalue weighted by Gasteiger charge is -2.27. The van der Waals surface area contributed by atoms with E-state index in [4.69, 9.17) is 19.4 Å². The van der Waals surface area contributed by atoms with E-state index in [1.165, 1.54) is 21.7 Å². The first-order valence-corrected chi connectivity index (χ1v) is 20.8. The predicted molar refractivity (Wildman–Crippen MR) is 256 cm³/mol. The van der Waals surface area contributed by atoms with Crippen molar-refractivity contribution in [2.45, 2.75) is 0 Å². The summed E-state index contributed by atoms with van der Waals surface area (Å²) in [5.74, 6) is 1.76. The molecule has 5 heteroatoms. The van der Waals surface area contributed by atoms with Gasteiger partial charge in [-0.3, -0.25) is 0 Å². The minimum Gasteiger partial charge on any atom is -0.456 e. The summed E-state index contributed by atoms with van der Waals surface area (Å²) in [6, 6.07) is 76.5. The molecule has 290 valence electrons. The van der Waals surface area contributed by atoms with Crippen LogP contribution in [-0.2, 0) is 0 Å². The first kappa shape index (κ1) is 35.5. The number of benzene rings is 10. The molecule has 12 aromatic rings. The average Bonchev–Trinajstić information content (AvgIpc) is 3.73. The van der Waals surface area contributed by atoms with Crippen LogP contribution in [0, 0.1) is 0 Å². The second-order valence-corrected chi connectivity index (χ2v) is 15.6. The van der Waals surface area contributed by atoms with Gasteiger partial charge in [-0.05, 0) is 85.9 Å². The lowest BCUT2D eigenvalue weighted by Crippen LogP contribution is -2.10. The van der Waals surface area contributed by atoms with Gasteiger partial charge in [0.1, 0.15) is 11.2 Å². The quantitative estimate of drug-likeness (QED) is 0.150. The van der Waals surface area contributed by atoms with Crippen molar-refractivity contribution in [2.24, 2.45) is 0 Å². The Morgan fingerprint density at radius 3 is 1.68 bits per heavy atom. The van der Waals surface area contributed by atoms with Crippen LogP contribution in [-0.4, -0.2) is 15.0 Å². The van der Waals surface area contributed by atoms with E-state index in [0.717, 1.165) is 77.4 Å². The van der Waals surface area contributed by atoms with Gasteiger partial charge in [0.15, 0.2) is 17.5 Å². The van der Waals surface area contributed by atoms with Gasteiger partial charge in [-0.2, -0.15) is 0 Å². The van der Waals surface area contributed by atoms with Crippen LogP contribution in [0.4, 0.5) is 17.1 Å². The molecule has 0 saturated heterocycles. The standard InChI is InChI=1S/C57H36N4O/c1-3-13-37(14-4-1)39-27-29-45(30-28-39)61(46-31-32-49-43(34-46)25-24-40-16-9-10-20-48(40)49)47-35-51(54-50-21-11-12-22-52(50)62-53(54)36-47)57-59-55(41-17-5-2-6-18-41)58-56(60-57)44-26-23-38-15-7-8-19-42(38)33-44/h1-36H. The molecule has 0 N–H and O–H groups in total. The minimum atomic E-state index is 0.560. The third kappa shape index (κ3) is 6.23. The number of hydrogen-bond donors (Lipinski definition) is 0. The minimum absolute atomic E-state index is 0.560. The molecule has 0 unspecified atom stereocenters. The van der Waals surface area contributed by atoms with Crippen LogP contribution in [0.3, 0.4) is 0 Å². The molecule has 0 atom stereocenters. The number of anilines is 3. The molecule has 0 amide bonds. The Bertz CT molecular complexity index is 3640. The van der Waals surface area contributed by atoms with Gasteiger partial charge in [0, 0.05) is 44.9 Å². The monoisotopic (exact) mass is 792 g/mol. The number of aromatic nitrogens is 3. The van der Waals surface area contributed by atoms with Gasteiger partial charge >= 0.3 is 0 Å². The molecule has 0 spiro atoms. The zero-order valence-electron chi connectivity index (χ0n) is 33.5. The molecule has 2 aromatic heterocycles. The van der Waals surface area contributed by atoms with Crippen molar-refractivity contribution in [2.75, 3.05) is 4.90 Å². The van der Waals surface area contributed by atoms with Crippen molar-refractivity contribution in [1.82, 2.24) is 15.0 Å². The zero-order valence-corrected chi connectivity index (χ0v) is 33.5. The van der Waals surface area contributed by atoms with E-state index < -0.39 is 0 Å². The largest absolute Gasteiger partial charge is 0.456 e. The number of hydrogen-bond acceptors (Lipinski definition) is 5. The SMILES string of the molecule is c1ccc(-c2ccc(N(c3ccc4c(ccc5ccccc54)c3)c3cc(-c4nc(-c5ccccc5)nc(-c5ccc6ccccc6c5)n4)c4c(c3)oc3ccccc34)cc2)cc1. The Morgan fingerprint density at radius 1 is 0.306 bits per heavy atom. The molecule has 10 aromatic carbocycles. The van der Waals surface area contributed by atoms with Gasteiger partial charge < -0.3 is 9.32 Å². The highest BCUT2D eigenvalue weighted by molar-refractivity contribution is 6.14. The lowest BCUT2D eigenvalue weighted by atomic mass is 10.00. The summed E-state index contributed by atoms with van der Waals surface area (Å²) in [7, 11) is 0. The van der Waals surface area contributed by atoms with Crippen LogP contribution < -0.4 is 4.90 Å². The molecule has 62 heavy (non-hydrogen) atoms. The highest BCUT2D eigenvalue weighted by Crippen LogP contribution is 2.44. The van der Waals surface area contributed by atoms with E-state index in [2.05, 4.69) is 181 Å². The Hall–Kier alpha value is -8.41. The lowest BCUT2D eigenvalue weighted by molar-refractivity contribution is 0.669. The van der Waals surface area contributed by atoms with Gasteiger partial charge in [0.05, 0.1) is 5.69 Å². The van der Waals surface area contributed by atoms with E-state index in [9.17, 15) is 0 Å². The first-order valence-electron chi connectivity index (χ1n) is 20.8. The summed E-state index contributed by atoms with van der Waals surface area (Å²) in [5.41, 5.74) is 9.45. The molecule has 0 radical (unpaired) electrons. The maximum atomic E-state index is 6.75. The topological polar surface area (TPSA) is 55.1 Å². The Kier molecular flexibility index (Phi) is 8.42. The van der Waals surface area contributed by atoms with Crippen molar-refractivity contribution in [3.05, 3.63) is 218 Å². The fourth-order valence-electron chi connectivity index (χ4n) is 8.84. The van der Waals surface area contributed by atoms with Crippen LogP contribution in [0.25, 0.3) is 99.5 Å². The van der Waals surface area contributed by atoms with E-state index in [-0.39, 0.29) is 0 Å².